The van der Waals surface area contributed by atoms with E-state index in [0.717, 1.165) is 16.9 Å². The summed E-state index contributed by atoms with van der Waals surface area (Å²) in [7, 11) is 1.64. The Hall–Kier alpha value is -1.92. The lowest BCUT2D eigenvalue weighted by Crippen LogP contribution is -2.45. The van der Waals surface area contributed by atoms with Crippen molar-refractivity contribution in [3.63, 3.8) is 0 Å². The molecule has 1 saturated heterocycles. The van der Waals surface area contributed by atoms with E-state index >= 15 is 0 Å². The maximum absolute atomic E-state index is 11.7. The third kappa shape index (κ3) is 4.86. The van der Waals surface area contributed by atoms with Crippen LogP contribution in [-0.4, -0.2) is 37.3 Å². The van der Waals surface area contributed by atoms with Crippen LogP contribution in [0.25, 0.3) is 0 Å². The van der Waals surface area contributed by atoms with Gasteiger partial charge in [-0.2, -0.15) is 0 Å². The van der Waals surface area contributed by atoms with E-state index in [1.54, 1.807) is 7.11 Å². The highest BCUT2D eigenvalue weighted by atomic mass is 16.7. The topological polar surface area (TPSA) is 57.2 Å². The SMILES string of the molecule is COc1ccc([C@@H](OC[C@@](O)(c2ccccc2)C(C)(C)C)[C@H]2COC(C)(C)O2)cc1. The quantitative estimate of drug-likeness (QED) is 0.703. The Morgan fingerprint density at radius 2 is 1.70 bits per heavy atom. The molecule has 0 bridgehead atoms. The summed E-state index contributed by atoms with van der Waals surface area (Å²) >= 11 is 0. The molecule has 0 unspecified atom stereocenters. The van der Waals surface area contributed by atoms with E-state index in [1.165, 1.54) is 0 Å². The van der Waals surface area contributed by atoms with E-state index in [2.05, 4.69) is 0 Å². The van der Waals surface area contributed by atoms with Crippen LogP contribution in [0.15, 0.2) is 54.6 Å². The number of rotatable bonds is 7. The molecule has 0 saturated carbocycles. The Labute approximate surface area is 179 Å². The second-order valence-electron chi connectivity index (χ2n) is 9.35. The molecular formula is C25H34O5. The summed E-state index contributed by atoms with van der Waals surface area (Å²) < 4.78 is 23.6. The van der Waals surface area contributed by atoms with Crippen LogP contribution in [0.4, 0.5) is 0 Å². The molecule has 1 aliphatic rings. The monoisotopic (exact) mass is 414 g/mol. The van der Waals surface area contributed by atoms with Gasteiger partial charge >= 0.3 is 0 Å². The molecule has 2 aromatic rings. The van der Waals surface area contributed by atoms with Crippen LogP contribution in [-0.2, 0) is 19.8 Å². The predicted molar refractivity (Wildman–Crippen MR) is 116 cm³/mol. The van der Waals surface area contributed by atoms with Crippen molar-refractivity contribution in [1.29, 1.82) is 0 Å². The summed E-state index contributed by atoms with van der Waals surface area (Å²) in [6.07, 6.45) is -0.677. The van der Waals surface area contributed by atoms with Crippen molar-refractivity contribution in [3.05, 3.63) is 65.7 Å². The fourth-order valence-corrected chi connectivity index (χ4v) is 3.73. The van der Waals surface area contributed by atoms with Crippen molar-refractivity contribution >= 4 is 0 Å². The second-order valence-corrected chi connectivity index (χ2v) is 9.35. The fraction of sp³-hybridized carbons (Fsp3) is 0.520. The Morgan fingerprint density at radius 1 is 1.07 bits per heavy atom. The third-order valence-corrected chi connectivity index (χ3v) is 5.78. The zero-order valence-electron chi connectivity index (χ0n) is 18.8. The molecule has 1 heterocycles. The molecule has 1 aliphatic heterocycles. The van der Waals surface area contributed by atoms with Gasteiger partial charge in [0.1, 0.15) is 23.6 Å². The molecule has 3 rings (SSSR count). The van der Waals surface area contributed by atoms with Gasteiger partial charge in [-0.15, -0.1) is 0 Å². The molecule has 5 nitrogen and oxygen atoms in total. The van der Waals surface area contributed by atoms with Crippen LogP contribution >= 0.6 is 0 Å². The van der Waals surface area contributed by atoms with Crippen LogP contribution in [0.2, 0.25) is 0 Å². The van der Waals surface area contributed by atoms with Crippen LogP contribution in [0.1, 0.15) is 51.8 Å². The molecule has 0 aromatic heterocycles. The van der Waals surface area contributed by atoms with E-state index in [0.29, 0.717) is 6.61 Å². The number of aliphatic hydroxyl groups is 1. The molecule has 0 amide bonds. The first-order chi connectivity index (χ1) is 14.1. The van der Waals surface area contributed by atoms with Gasteiger partial charge in [0.05, 0.1) is 20.3 Å². The number of methoxy groups -OCH3 is 1. The van der Waals surface area contributed by atoms with E-state index in [4.69, 9.17) is 18.9 Å². The Bertz CT molecular complexity index is 810. The van der Waals surface area contributed by atoms with Gasteiger partial charge in [-0.1, -0.05) is 63.2 Å². The molecule has 0 spiro atoms. The molecular weight excluding hydrogens is 380 g/mol. The predicted octanol–water partition coefficient (Wildman–Crippen LogP) is 4.84. The molecule has 30 heavy (non-hydrogen) atoms. The Morgan fingerprint density at radius 3 is 2.20 bits per heavy atom. The van der Waals surface area contributed by atoms with Crippen LogP contribution < -0.4 is 4.74 Å². The van der Waals surface area contributed by atoms with Gasteiger partial charge in [0.15, 0.2) is 5.79 Å². The van der Waals surface area contributed by atoms with E-state index in [1.807, 2.05) is 89.2 Å². The highest BCUT2D eigenvalue weighted by Gasteiger charge is 2.45. The van der Waals surface area contributed by atoms with Gasteiger partial charge in [0.2, 0.25) is 0 Å². The summed E-state index contributed by atoms with van der Waals surface area (Å²) in [5.41, 5.74) is 0.167. The lowest BCUT2D eigenvalue weighted by atomic mass is 9.72. The number of ether oxygens (including phenoxy) is 4. The van der Waals surface area contributed by atoms with Crippen LogP contribution in [0.3, 0.4) is 0 Å². The zero-order valence-corrected chi connectivity index (χ0v) is 18.8. The maximum atomic E-state index is 11.7. The summed E-state index contributed by atoms with van der Waals surface area (Å²) in [5, 5.41) is 11.7. The minimum absolute atomic E-state index is 0.123. The normalized spacial score (nSPS) is 21.8. The summed E-state index contributed by atoms with van der Waals surface area (Å²) in [6, 6.07) is 17.4. The standard InChI is InChI=1S/C25H34O5/c1-23(2,3)25(26,19-10-8-7-9-11-19)17-28-22(21-16-29-24(4,5)30-21)18-12-14-20(27-6)15-13-18/h7-15,21-22,26H,16-17H2,1-6H3/t21-,22-,25-/m1/s1. The molecule has 0 radical (unpaired) electrons. The van der Waals surface area contributed by atoms with Gasteiger partial charge in [0.25, 0.3) is 0 Å². The maximum Gasteiger partial charge on any atom is 0.163 e. The minimum atomic E-state index is -1.17. The first kappa shape index (κ1) is 22.8. The highest BCUT2D eigenvalue weighted by molar-refractivity contribution is 5.30. The van der Waals surface area contributed by atoms with E-state index in [-0.39, 0.29) is 12.7 Å². The summed E-state index contributed by atoms with van der Waals surface area (Å²) in [4.78, 5) is 0. The van der Waals surface area contributed by atoms with Gasteiger partial charge in [-0.05, 0) is 42.5 Å². The number of hydrogen-bond donors (Lipinski definition) is 1. The van der Waals surface area contributed by atoms with Crippen molar-refractivity contribution in [2.45, 2.75) is 58.2 Å². The van der Waals surface area contributed by atoms with Gasteiger partial charge in [0, 0.05) is 0 Å². The number of benzene rings is 2. The minimum Gasteiger partial charge on any atom is -0.497 e. The van der Waals surface area contributed by atoms with E-state index in [9.17, 15) is 5.11 Å². The molecule has 0 aliphatic carbocycles. The molecule has 1 fully saturated rings. The average molecular weight is 415 g/mol. The fourth-order valence-electron chi connectivity index (χ4n) is 3.73. The van der Waals surface area contributed by atoms with Crippen LogP contribution in [0, 0.1) is 5.41 Å². The average Bonchev–Trinajstić information content (AvgIpc) is 3.07. The first-order valence-electron chi connectivity index (χ1n) is 10.4. The lowest BCUT2D eigenvalue weighted by Gasteiger charge is -2.41. The smallest absolute Gasteiger partial charge is 0.163 e. The van der Waals surface area contributed by atoms with Crippen molar-refractivity contribution in [1.82, 2.24) is 0 Å². The van der Waals surface area contributed by atoms with E-state index < -0.39 is 22.9 Å². The third-order valence-electron chi connectivity index (χ3n) is 5.78. The molecule has 3 atom stereocenters. The lowest BCUT2D eigenvalue weighted by molar-refractivity contribution is -0.179. The highest BCUT2D eigenvalue weighted by Crippen LogP contribution is 2.42. The summed E-state index contributed by atoms with van der Waals surface area (Å²) in [5.74, 6) is 0.107. The van der Waals surface area contributed by atoms with Crippen LogP contribution in [0.5, 0.6) is 5.75 Å². The largest absolute Gasteiger partial charge is 0.497 e. The van der Waals surface area contributed by atoms with Gasteiger partial charge in [-0.25, -0.2) is 0 Å². The molecule has 1 N–H and O–H groups in total. The Kier molecular flexibility index (Phi) is 6.58. The second kappa shape index (κ2) is 8.67. The zero-order chi connectivity index (χ0) is 22.0. The van der Waals surface area contributed by atoms with Gasteiger partial charge < -0.3 is 24.1 Å². The van der Waals surface area contributed by atoms with Gasteiger partial charge in [-0.3, -0.25) is 0 Å². The molecule has 164 valence electrons. The van der Waals surface area contributed by atoms with Crippen molar-refractivity contribution in [2.75, 3.05) is 20.3 Å². The van der Waals surface area contributed by atoms with Crippen molar-refractivity contribution in [3.8, 4) is 5.75 Å². The summed E-state index contributed by atoms with van der Waals surface area (Å²) in [6.45, 7) is 10.4. The first-order valence-corrected chi connectivity index (χ1v) is 10.4. The molecule has 2 aromatic carbocycles. The van der Waals surface area contributed by atoms with Crippen molar-refractivity contribution in [2.24, 2.45) is 5.41 Å². The van der Waals surface area contributed by atoms with Crippen molar-refractivity contribution < 1.29 is 24.1 Å². The molecule has 5 heteroatoms. The number of hydrogen-bond acceptors (Lipinski definition) is 5. The Balaban J connectivity index is 1.89.